The number of rotatable bonds is 6. The summed E-state index contributed by atoms with van der Waals surface area (Å²) in [6, 6.07) is 0.372. The van der Waals surface area contributed by atoms with Crippen LogP contribution >= 0.6 is 0 Å². The summed E-state index contributed by atoms with van der Waals surface area (Å²) in [6.45, 7) is 0.313. The molecule has 1 unspecified atom stereocenters. The van der Waals surface area contributed by atoms with E-state index in [2.05, 4.69) is 15.3 Å². The third kappa shape index (κ3) is 3.70. The van der Waals surface area contributed by atoms with Gasteiger partial charge in [-0.25, -0.2) is 9.78 Å². The number of carboxylic acid groups (broad SMARTS) is 1. The molecule has 0 saturated carbocycles. The first-order valence-corrected chi connectivity index (χ1v) is 4.66. The summed E-state index contributed by atoms with van der Waals surface area (Å²) in [7, 11) is 1.49. The number of nitrogens with one attached hydrogen (secondary N) is 2. The normalized spacial score (nSPS) is 12.1. The van der Waals surface area contributed by atoms with Crippen LogP contribution in [0.2, 0.25) is 0 Å². The Morgan fingerprint density at radius 2 is 2.50 bits per heavy atom. The third-order valence-electron chi connectivity index (χ3n) is 1.91. The SMILES string of the molecule is COCCC(Nc1cc(=O)[nH]cn1)C(=O)O. The van der Waals surface area contributed by atoms with Gasteiger partial charge < -0.3 is 20.1 Å². The second-order valence-electron chi connectivity index (χ2n) is 3.11. The fourth-order valence-electron chi connectivity index (χ4n) is 1.12. The molecule has 0 aromatic carbocycles. The molecule has 0 aliphatic rings. The van der Waals surface area contributed by atoms with E-state index in [-0.39, 0.29) is 11.4 Å². The monoisotopic (exact) mass is 227 g/mol. The molecule has 1 atom stereocenters. The van der Waals surface area contributed by atoms with Crippen molar-refractivity contribution in [3.05, 3.63) is 22.7 Å². The van der Waals surface area contributed by atoms with E-state index in [1.165, 1.54) is 19.5 Å². The van der Waals surface area contributed by atoms with Crippen molar-refractivity contribution in [2.45, 2.75) is 12.5 Å². The number of anilines is 1. The average molecular weight is 227 g/mol. The maximum atomic E-state index is 10.9. The molecule has 88 valence electrons. The lowest BCUT2D eigenvalue weighted by Crippen LogP contribution is -2.31. The zero-order valence-corrected chi connectivity index (χ0v) is 8.77. The van der Waals surface area contributed by atoms with E-state index in [1.807, 2.05) is 0 Å². The van der Waals surface area contributed by atoms with Gasteiger partial charge in [0, 0.05) is 26.2 Å². The number of aliphatic carboxylic acids is 1. The van der Waals surface area contributed by atoms with Crippen LogP contribution in [0.5, 0.6) is 0 Å². The number of carbonyl (C=O) groups is 1. The first-order chi connectivity index (χ1) is 7.63. The number of nitrogens with zero attached hydrogens (tertiary/aromatic N) is 1. The fraction of sp³-hybridized carbons (Fsp3) is 0.444. The summed E-state index contributed by atoms with van der Waals surface area (Å²) in [6.07, 6.45) is 1.50. The van der Waals surface area contributed by atoms with E-state index < -0.39 is 12.0 Å². The van der Waals surface area contributed by atoms with Gasteiger partial charge >= 0.3 is 5.97 Å². The van der Waals surface area contributed by atoms with Crippen LogP contribution in [0.15, 0.2) is 17.2 Å². The van der Waals surface area contributed by atoms with E-state index >= 15 is 0 Å². The molecule has 0 saturated heterocycles. The highest BCUT2D eigenvalue weighted by Crippen LogP contribution is 2.03. The number of aromatic nitrogens is 2. The summed E-state index contributed by atoms with van der Waals surface area (Å²) in [5.74, 6) is -0.786. The van der Waals surface area contributed by atoms with E-state index in [1.54, 1.807) is 0 Å². The molecule has 3 N–H and O–H groups in total. The van der Waals surface area contributed by atoms with Crippen molar-refractivity contribution in [2.24, 2.45) is 0 Å². The van der Waals surface area contributed by atoms with Gasteiger partial charge in [0.2, 0.25) is 0 Å². The number of hydrogen-bond donors (Lipinski definition) is 3. The standard InChI is InChI=1S/C9H13N3O4/c1-16-3-2-6(9(14)15)12-7-4-8(13)11-5-10-7/h4-6H,2-3H2,1H3,(H,14,15)(H2,10,11,12,13). The van der Waals surface area contributed by atoms with Crippen LogP contribution < -0.4 is 10.9 Å². The van der Waals surface area contributed by atoms with Crippen LogP contribution in [0.4, 0.5) is 5.82 Å². The lowest BCUT2D eigenvalue weighted by Gasteiger charge is -2.13. The number of ether oxygens (including phenoxy) is 1. The lowest BCUT2D eigenvalue weighted by atomic mass is 10.2. The van der Waals surface area contributed by atoms with Crippen molar-refractivity contribution >= 4 is 11.8 Å². The Hall–Kier alpha value is -1.89. The van der Waals surface area contributed by atoms with Crippen molar-refractivity contribution in [1.29, 1.82) is 0 Å². The second kappa shape index (κ2) is 5.86. The maximum Gasteiger partial charge on any atom is 0.326 e. The minimum Gasteiger partial charge on any atom is -0.480 e. The van der Waals surface area contributed by atoms with Crippen LogP contribution in [0.1, 0.15) is 6.42 Å². The second-order valence-corrected chi connectivity index (χ2v) is 3.11. The van der Waals surface area contributed by atoms with Crippen LogP contribution in [0, 0.1) is 0 Å². The Labute approximate surface area is 91.5 Å². The molecule has 7 heteroatoms. The molecule has 7 nitrogen and oxygen atoms in total. The zero-order chi connectivity index (χ0) is 12.0. The molecule has 0 radical (unpaired) electrons. The average Bonchev–Trinajstić information content (AvgIpc) is 2.24. The smallest absolute Gasteiger partial charge is 0.326 e. The number of aromatic amines is 1. The number of carboxylic acids is 1. The first-order valence-electron chi connectivity index (χ1n) is 4.66. The van der Waals surface area contributed by atoms with Crippen LogP contribution in [-0.2, 0) is 9.53 Å². The highest BCUT2D eigenvalue weighted by Gasteiger charge is 2.17. The minimum absolute atomic E-state index is 0.229. The van der Waals surface area contributed by atoms with Gasteiger partial charge in [0.15, 0.2) is 0 Å². The van der Waals surface area contributed by atoms with E-state index in [0.29, 0.717) is 13.0 Å². The van der Waals surface area contributed by atoms with E-state index in [0.717, 1.165) is 0 Å². The van der Waals surface area contributed by atoms with Crippen LogP contribution in [0.3, 0.4) is 0 Å². The summed E-state index contributed by atoms with van der Waals surface area (Å²) < 4.78 is 4.79. The third-order valence-corrected chi connectivity index (χ3v) is 1.91. The highest BCUT2D eigenvalue weighted by atomic mass is 16.5. The molecule has 0 amide bonds. The van der Waals surface area contributed by atoms with Crippen LogP contribution in [0.25, 0.3) is 0 Å². The van der Waals surface area contributed by atoms with Crippen molar-refractivity contribution in [3.8, 4) is 0 Å². The summed E-state index contributed by atoms with van der Waals surface area (Å²) in [5, 5.41) is 11.5. The molecule has 1 heterocycles. The van der Waals surface area contributed by atoms with Gasteiger partial charge in [0.05, 0.1) is 6.33 Å². The van der Waals surface area contributed by atoms with Crippen LogP contribution in [-0.4, -0.2) is 40.8 Å². The summed E-state index contributed by atoms with van der Waals surface area (Å²) >= 11 is 0. The van der Waals surface area contributed by atoms with Crippen molar-refractivity contribution in [2.75, 3.05) is 19.0 Å². The molecule has 0 fully saturated rings. The van der Waals surface area contributed by atoms with Gasteiger partial charge in [-0.1, -0.05) is 0 Å². The maximum absolute atomic E-state index is 10.9. The summed E-state index contributed by atoms with van der Waals surface area (Å²) in [4.78, 5) is 27.9. The van der Waals surface area contributed by atoms with Gasteiger partial charge in [-0.05, 0) is 0 Å². The molecule has 1 rings (SSSR count). The topological polar surface area (TPSA) is 104 Å². The largest absolute Gasteiger partial charge is 0.480 e. The quantitative estimate of drug-likeness (QED) is 0.614. The van der Waals surface area contributed by atoms with E-state index in [4.69, 9.17) is 9.84 Å². The zero-order valence-electron chi connectivity index (χ0n) is 8.77. The van der Waals surface area contributed by atoms with Gasteiger partial charge in [0.1, 0.15) is 11.9 Å². The molecule has 0 aliphatic carbocycles. The molecule has 1 aromatic rings. The Morgan fingerprint density at radius 1 is 1.75 bits per heavy atom. The first kappa shape index (κ1) is 12.2. The van der Waals surface area contributed by atoms with Crippen molar-refractivity contribution in [1.82, 2.24) is 9.97 Å². The molecule has 0 aliphatic heterocycles. The minimum atomic E-state index is -1.01. The Morgan fingerprint density at radius 3 is 3.06 bits per heavy atom. The predicted octanol–water partition coefficient (Wildman–Crippen LogP) is -0.329. The molecule has 1 aromatic heterocycles. The molecule has 0 bridgehead atoms. The predicted molar refractivity (Wildman–Crippen MR) is 56.4 cm³/mol. The highest BCUT2D eigenvalue weighted by molar-refractivity contribution is 5.76. The van der Waals surface area contributed by atoms with Crippen molar-refractivity contribution in [3.63, 3.8) is 0 Å². The molecular formula is C9H13N3O4. The fourth-order valence-corrected chi connectivity index (χ4v) is 1.12. The number of methoxy groups -OCH3 is 1. The summed E-state index contributed by atoms with van der Waals surface area (Å²) in [5.41, 5.74) is -0.339. The van der Waals surface area contributed by atoms with Gasteiger partial charge in [-0.3, -0.25) is 4.79 Å². The lowest BCUT2D eigenvalue weighted by molar-refractivity contribution is -0.138. The van der Waals surface area contributed by atoms with Gasteiger partial charge in [0.25, 0.3) is 5.56 Å². The number of hydrogen-bond acceptors (Lipinski definition) is 5. The molecule has 0 spiro atoms. The van der Waals surface area contributed by atoms with Crippen molar-refractivity contribution < 1.29 is 14.6 Å². The Balaban J connectivity index is 2.67. The Bertz CT molecular complexity index is 404. The molecular weight excluding hydrogens is 214 g/mol. The van der Waals surface area contributed by atoms with Gasteiger partial charge in [-0.15, -0.1) is 0 Å². The number of H-pyrrole nitrogens is 1. The molecule has 16 heavy (non-hydrogen) atoms. The van der Waals surface area contributed by atoms with Gasteiger partial charge in [-0.2, -0.15) is 0 Å². The van der Waals surface area contributed by atoms with E-state index in [9.17, 15) is 9.59 Å². The Kier molecular flexibility index (Phi) is 4.46.